The molecular formula is C21H24O5Se. The van der Waals surface area contributed by atoms with Crippen molar-refractivity contribution in [2.45, 2.75) is 12.7 Å². The van der Waals surface area contributed by atoms with Crippen LogP contribution in [0, 0.1) is 0 Å². The molecule has 0 aliphatic rings. The third kappa shape index (κ3) is 4.65. The second-order valence-corrected chi connectivity index (χ2v) is 7.46. The molecule has 0 atom stereocenters. The van der Waals surface area contributed by atoms with Gasteiger partial charge >= 0.3 is 166 Å². The van der Waals surface area contributed by atoms with Gasteiger partial charge in [-0.1, -0.05) is 0 Å². The van der Waals surface area contributed by atoms with Crippen LogP contribution in [0.2, 0.25) is 5.82 Å². The first-order valence-electron chi connectivity index (χ1n) is 8.24. The van der Waals surface area contributed by atoms with Gasteiger partial charge in [-0.3, -0.25) is 0 Å². The summed E-state index contributed by atoms with van der Waals surface area (Å²) in [5.74, 6) is 4.54. The molecule has 0 unspecified atom stereocenters. The summed E-state index contributed by atoms with van der Waals surface area (Å²) in [7, 11) is 6.36. The van der Waals surface area contributed by atoms with Crippen LogP contribution in [0.25, 0.3) is 6.08 Å². The van der Waals surface area contributed by atoms with Gasteiger partial charge in [0.05, 0.1) is 0 Å². The van der Waals surface area contributed by atoms with Crippen molar-refractivity contribution in [3.05, 3.63) is 47.0 Å². The van der Waals surface area contributed by atoms with Crippen molar-refractivity contribution in [1.29, 1.82) is 0 Å². The summed E-state index contributed by atoms with van der Waals surface area (Å²) in [6.07, 6.45) is 1.83. The van der Waals surface area contributed by atoms with Gasteiger partial charge in [0.1, 0.15) is 0 Å². The second-order valence-electron chi connectivity index (χ2n) is 5.68. The van der Waals surface area contributed by atoms with Gasteiger partial charge in [-0.05, 0) is 0 Å². The number of hydrogen-bond acceptors (Lipinski definition) is 5. The molecule has 0 radical (unpaired) electrons. The molecule has 5 nitrogen and oxygen atoms in total. The summed E-state index contributed by atoms with van der Waals surface area (Å²) in [5.41, 5.74) is 2.06. The number of benzene rings is 2. The van der Waals surface area contributed by atoms with Crippen LogP contribution in [0.3, 0.4) is 0 Å². The number of rotatable bonds is 8. The molecule has 0 aliphatic carbocycles. The van der Waals surface area contributed by atoms with Crippen molar-refractivity contribution >= 4 is 31.3 Å². The van der Waals surface area contributed by atoms with Crippen LogP contribution in [0.15, 0.2) is 35.9 Å². The monoisotopic (exact) mass is 436 g/mol. The van der Waals surface area contributed by atoms with Gasteiger partial charge in [0, 0.05) is 0 Å². The van der Waals surface area contributed by atoms with Crippen molar-refractivity contribution in [2.24, 2.45) is 0 Å². The average Bonchev–Trinajstić information content (AvgIpc) is 2.71. The fourth-order valence-electron chi connectivity index (χ4n) is 2.70. The van der Waals surface area contributed by atoms with E-state index in [4.69, 9.17) is 18.9 Å². The Morgan fingerprint density at radius 2 is 1.56 bits per heavy atom. The van der Waals surface area contributed by atoms with E-state index in [-0.39, 0.29) is 20.7 Å². The van der Waals surface area contributed by atoms with Crippen LogP contribution in [0.4, 0.5) is 0 Å². The summed E-state index contributed by atoms with van der Waals surface area (Å²) < 4.78 is 22.4. The molecule has 0 amide bonds. The molecule has 2 aromatic carbocycles. The molecule has 2 rings (SSSR count). The third-order valence-electron chi connectivity index (χ3n) is 4.08. The van der Waals surface area contributed by atoms with Crippen LogP contribution in [0.1, 0.15) is 22.8 Å². The van der Waals surface area contributed by atoms with Crippen LogP contribution < -0.4 is 23.4 Å². The number of ketones is 1. The van der Waals surface area contributed by atoms with Gasteiger partial charge in [0.2, 0.25) is 0 Å². The fourth-order valence-corrected chi connectivity index (χ4v) is 3.99. The number of ether oxygens (including phenoxy) is 4. The zero-order chi connectivity index (χ0) is 20.0. The van der Waals surface area contributed by atoms with Crippen LogP contribution in [-0.2, 0) is 0 Å². The fraction of sp³-hybridized carbons (Fsp3) is 0.286. The van der Waals surface area contributed by atoms with Gasteiger partial charge in [-0.25, -0.2) is 0 Å². The first-order chi connectivity index (χ1) is 13.0. The second kappa shape index (κ2) is 9.49. The van der Waals surface area contributed by atoms with E-state index in [9.17, 15) is 4.79 Å². The molecule has 0 aliphatic heterocycles. The molecule has 0 aromatic heterocycles. The van der Waals surface area contributed by atoms with Gasteiger partial charge in [-0.2, -0.15) is 0 Å². The Labute approximate surface area is 166 Å². The number of carbonyl (C=O) groups is 1. The normalized spacial score (nSPS) is 11.1. The molecule has 0 heterocycles. The van der Waals surface area contributed by atoms with Crippen molar-refractivity contribution in [1.82, 2.24) is 0 Å². The molecule has 0 N–H and O–H groups in total. The summed E-state index contributed by atoms with van der Waals surface area (Å²) >= 11 is 0.163. The van der Waals surface area contributed by atoms with Gasteiger partial charge in [0.25, 0.3) is 0 Å². The van der Waals surface area contributed by atoms with E-state index in [2.05, 4.69) is 5.82 Å². The molecule has 2 aromatic rings. The Kier molecular flexibility index (Phi) is 7.34. The SMILES string of the molecule is COc1ccc(/C=C(\C)C(=O)c2cc(OC)c(OC)c([Se]C)c2)cc1OC. The summed E-state index contributed by atoms with van der Waals surface area (Å²) in [6.45, 7) is 1.80. The summed E-state index contributed by atoms with van der Waals surface area (Å²) in [4.78, 5) is 12.9. The summed E-state index contributed by atoms with van der Waals surface area (Å²) in [5, 5.41) is 0. The Morgan fingerprint density at radius 3 is 2.11 bits per heavy atom. The maximum absolute atomic E-state index is 12.9. The first kappa shape index (κ1) is 20.9. The van der Waals surface area contributed by atoms with Crippen LogP contribution in [0.5, 0.6) is 23.0 Å². The predicted molar refractivity (Wildman–Crippen MR) is 108 cm³/mol. The maximum atomic E-state index is 12.9. The molecule has 27 heavy (non-hydrogen) atoms. The predicted octanol–water partition coefficient (Wildman–Crippen LogP) is 3.38. The van der Waals surface area contributed by atoms with E-state index in [0.717, 1.165) is 10.0 Å². The average molecular weight is 435 g/mol. The Hall–Kier alpha value is -2.43. The third-order valence-corrected chi connectivity index (χ3v) is 5.63. The minimum absolute atomic E-state index is 0.0590. The topological polar surface area (TPSA) is 54.0 Å². The minimum atomic E-state index is -0.0590. The zero-order valence-electron chi connectivity index (χ0n) is 16.4. The van der Waals surface area contributed by atoms with E-state index < -0.39 is 0 Å². The van der Waals surface area contributed by atoms with E-state index in [1.54, 1.807) is 41.4 Å². The molecule has 0 bridgehead atoms. The quantitative estimate of drug-likeness (QED) is 0.362. The standard InChI is InChI=1S/C21H24O5Se/c1-13(9-14-7-8-16(23-2)17(10-14)24-3)20(22)15-11-18(25-4)21(26-5)19(12-15)27-6/h7-12H,1-6H3/b13-9+. The van der Waals surface area contributed by atoms with Crippen molar-refractivity contribution in [2.75, 3.05) is 28.4 Å². The van der Waals surface area contributed by atoms with Crippen LogP contribution >= 0.6 is 0 Å². The molecule has 0 spiro atoms. The number of allylic oxidation sites excluding steroid dienone is 1. The van der Waals surface area contributed by atoms with E-state index in [0.29, 0.717) is 34.1 Å². The number of methoxy groups -OCH3 is 4. The number of carbonyl (C=O) groups excluding carboxylic acids is 1. The van der Waals surface area contributed by atoms with Crippen molar-refractivity contribution in [3.63, 3.8) is 0 Å². The molecule has 0 saturated heterocycles. The Balaban J connectivity index is 2.41. The van der Waals surface area contributed by atoms with E-state index in [1.807, 2.05) is 30.3 Å². The summed E-state index contributed by atoms with van der Waals surface area (Å²) in [6, 6.07) is 9.15. The Bertz CT molecular complexity index is 833. The van der Waals surface area contributed by atoms with Crippen molar-refractivity contribution < 1.29 is 23.7 Å². The molecule has 0 fully saturated rings. The Morgan fingerprint density at radius 1 is 0.889 bits per heavy atom. The molecular weight excluding hydrogens is 411 g/mol. The molecule has 0 saturated carbocycles. The first-order valence-corrected chi connectivity index (χ1v) is 10.8. The number of hydrogen-bond donors (Lipinski definition) is 0. The van der Waals surface area contributed by atoms with E-state index in [1.165, 1.54) is 0 Å². The van der Waals surface area contributed by atoms with Crippen LogP contribution in [-0.4, -0.2) is 49.2 Å². The number of Topliss-reactive ketones (excluding diaryl/α,β-unsaturated/α-hetero) is 1. The zero-order valence-corrected chi connectivity index (χ0v) is 18.1. The molecule has 144 valence electrons. The van der Waals surface area contributed by atoms with Gasteiger partial charge in [0.15, 0.2) is 0 Å². The molecule has 6 heteroatoms. The van der Waals surface area contributed by atoms with E-state index >= 15 is 0 Å². The van der Waals surface area contributed by atoms with Gasteiger partial charge < -0.3 is 0 Å². The van der Waals surface area contributed by atoms with Crippen molar-refractivity contribution in [3.8, 4) is 23.0 Å². The van der Waals surface area contributed by atoms with Gasteiger partial charge in [-0.15, -0.1) is 0 Å².